The number of rotatable bonds is 11. The van der Waals surface area contributed by atoms with E-state index in [9.17, 15) is 9.00 Å². The van der Waals surface area contributed by atoms with Crippen LogP contribution in [0.15, 0.2) is 83.4 Å². The van der Waals surface area contributed by atoms with Gasteiger partial charge in [-0.1, -0.05) is 84.0 Å². The molecule has 1 unspecified atom stereocenters. The van der Waals surface area contributed by atoms with Crippen molar-refractivity contribution in [3.8, 4) is 22.5 Å². The first-order valence-electron chi connectivity index (χ1n) is 13.4. The molecule has 1 fully saturated rings. The smallest absolute Gasteiger partial charge is 0.316 e. The standard InChI is InChI=1S/C32H34N2O4S/c1-4-37-31(35)32(19-20-32)28-16-14-26(15-17-28)25-10-12-27(13-11-25)30-29(23(2)33-38-30)18-21-34(39(3)36)22-24-8-6-5-7-9-24/h5-17H,4,18-22H2,1-3H3. The summed E-state index contributed by atoms with van der Waals surface area (Å²) < 4.78 is 25.5. The number of carbonyl (C=O) groups is 1. The van der Waals surface area contributed by atoms with Gasteiger partial charge < -0.3 is 9.26 Å². The highest BCUT2D eigenvalue weighted by Gasteiger charge is 2.52. The maximum atomic E-state index is 12.4. The van der Waals surface area contributed by atoms with E-state index < -0.39 is 16.4 Å². The third-order valence-electron chi connectivity index (χ3n) is 7.50. The number of benzene rings is 3. The molecule has 0 N–H and O–H groups in total. The summed E-state index contributed by atoms with van der Waals surface area (Å²) in [5.41, 5.74) is 6.70. The quantitative estimate of drug-likeness (QED) is 0.210. The van der Waals surface area contributed by atoms with Gasteiger partial charge >= 0.3 is 5.97 Å². The van der Waals surface area contributed by atoms with Gasteiger partial charge in [-0.2, -0.15) is 0 Å². The fourth-order valence-electron chi connectivity index (χ4n) is 5.03. The molecule has 0 amide bonds. The molecule has 0 spiro atoms. The molecule has 0 aliphatic heterocycles. The van der Waals surface area contributed by atoms with Crippen LogP contribution in [-0.2, 0) is 38.9 Å². The van der Waals surface area contributed by atoms with Crippen LogP contribution < -0.4 is 0 Å². The number of carbonyl (C=O) groups excluding carboxylic acids is 1. The third-order valence-corrected chi connectivity index (χ3v) is 8.53. The van der Waals surface area contributed by atoms with Gasteiger partial charge in [-0.25, -0.2) is 8.51 Å². The topological polar surface area (TPSA) is 72.6 Å². The highest BCUT2D eigenvalue weighted by atomic mass is 32.2. The Morgan fingerprint density at radius 3 is 2.18 bits per heavy atom. The number of esters is 1. The lowest BCUT2D eigenvalue weighted by atomic mass is 9.93. The molecular formula is C32H34N2O4S. The van der Waals surface area contributed by atoms with Crippen molar-refractivity contribution in [1.82, 2.24) is 9.46 Å². The number of aromatic nitrogens is 1. The number of nitrogens with zero attached hydrogens (tertiary/aromatic N) is 2. The van der Waals surface area contributed by atoms with E-state index >= 15 is 0 Å². The fourth-order valence-corrected chi connectivity index (χ4v) is 5.71. The average molecular weight is 543 g/mol. The highest BCUT2D eigenvalue weighted by molar-refractivity contribution is 7.81. The van der Waals surface area contributed by atoms with Crippen LogP contribution in [0.25, 0.3) is 22.5 Å². The van der Waals surface area contributed by atoms with Gasteiger partial charge in [-0.3, -0.25) is 4.79 Å². The zero-order valence-electron chi connectivity index (χ0n) is 22.7. The van der Waals surface area contributed by atoms with Crippen molar-refractivity contribution in [2.45, 2.75) is 45.1 Å². The van der Waals surface area contributed by atoms with E-state index in [-0.39, 0.29) is 5.97 Å². The summed E-state index contributed by atoms with van der Waals surface area (Å²) in [6.45, 7) is 5.45. The van der Waals surface area contributed by atoms with Crippen molar-refractivity contribution in [1.29, 1.82) is 0 Å². The third kappa shape index (κ3) is 5.89. The normalized spacial score (nSPS) is 14.8. The molecule has 1 aliphatic carbocycles. The van der Waals surface area contributed by atoms with E-state index in [1.54, 1.807) is 6.26 Å². The largest absolute Gasteiger partial charge is 0.465 e. The van der Waals surface area contributed by atoms with Gasteiger partial charge in [0, 0.05) is 30.5 Å². The van der Waals surface area contributed by atoms with Crippen LogP contribution in [0.1, 0.15) is 42.1 Å². The van der Waals surface area contributed by atoms with Crippen molar-refractivity contribution in [3.05, 3.63) is 101 Å². The molecular weight excluding hydrogens is 508 g/mol. The summed E-state index contributed by atoms with van der Waals surface area (Å²) in [5, 5.41) is 4.24. The molecule has 6 nitrogen and oxygen atoms in total. The predicted octanol–water partition coefficient (Wildman–Crippen LogP) is 6.25. The Kier molecular flexibility index (Phi) is 8.10. The highest BCUT2D eigenvalue weighted by Crippen LogP contribution is 2.49. The predicted molar refractivity (Wildman–Crippen MR) is 154 cm³/mol. The second-order valence-electron chi connectivity index (χ2n) is 10.1. The van der Waals surface area contributed by atoms with Crippen molar-refractivity contribution in [2.24, 2.45) is 0 Å². The molecule has 3 aromatic carbocycles. The minimum absolute atomic E-state index is 0.117. The van der Waals surface area contributed by atoms with Gasteiger partial charge in [-0.15, -0.1) is 0 Å². The summed E-state index contributed by atoms with van der Waals surface area (Å²) in [7, 11) is -1.10. The Morgan fingerprint density at radius 2 is 1.59 bits per heavy atom. The van der Waals surface area contributed by atoms with Crippen molar-refractivity contribution in [3.63, 3.8) is 0 Å². The van der Waals surface area contributed by atoms with Crippen LogP contribution in [0.3, 0.4) is 0 Å². The van der Waals surface area contributed by atoms with E-state index in [0.29, 0.717) is 26.1 Å². The summed E-state index contributed by atoms with van der Waals surface area (Å²) >= 11 is 0. The van der Waals surface area contributed by atoms with Crippen LogP contribution in [0.4, 0.5) is 0 Å². The Bertz CT molecular complexity index is 1440. The van der Waals surface area contributed by atoms with E-state index in [2.05, 4.69) is 41.6 Å². The van der Waals surface area contributed by atoms with E-state index in [1.165, 1.54) is 0 Å². The molecule has 0 bridgehead atoms. The van der Waals surface area contributed by atoms with Crippen molar-refractivity contribution in [2.75, 3.05) is 19.4 Å². The van der Waals surface area contributed by atoms with Gasteiger partial charge in [-0.05, 0) is 55.4 Å². The van der Waals surface area contributed by atoms with Gasteiger partial charge in [0.25, 0.3) is 0 Å². The average Bonchev–Trinajstić information content (AvgIpc) is 3.69. The Balaban J connectivity index is 1.29. The Morgan fingerprint density at radius 1 is 0.974 bits per heavy atom. The molecule has 1 heterocycles. The maximum absolute atomic E-state index is 12.4. The molecule has 39 heavy (non-hydrogen) atoms. The zero-order valence-corrected chi connectivity index (χ0v) is 23.5. The van der Waals surface area contributed by atoms with E-state index in [1.807, 2.05) is 60.6 Å². The van der Waals surface area contributed by atoms with E-state index in [0.717, 1.165) is 57.7 Å². The van der Waals surface area contributed by atoms with Crippen LogP contribution in [0.2, 0.25) is 0 Å². The van der Waals surface area contributed by atoms with Crippen molar-refractivity contribution < 1.29 is 18.3 Å². The van der Waals surface area contributed by atoms with Gasteiger partial charge in [0.15, 0.2) is 5.76 Å². The lowest BCUT2D eigenvalue weighted by molar-refractivity contribution is -0.146. The molecule has 1 atom stereocenters. The number of hydrogen-bond donors (Lipinski definition) is 0. The van der Waals surface area contributed by atoms with Gasteiger partial charge in [0.05, 0.1) is 28.7 Å². The minimum Gasteiger partial charge on any atom is -0.465 e. The lowest BCUT2D eigenvalue weighted by Gasteiger charge is -2.19. The first-order chi connectivity index (χ1) is 18.9. The number of aryl methyl sites for hydroxylation is 1. The first kappa shape index (κ1) is 27.0. The second-order valence-corrected chi connectivity index (χ2v) is 11.4. The summed E-state index contributed by atoms with van der Waals surface area (Å²) in [6, 6.07) is 26.6. The van der Waals surface area contributed by atoms with Crippen LogP contribution in [-0.4, -0.2) is 39.0 Å². The van der Waals surface area contributed by atoms with Gasteiger partial charge in [0.1, 0.15) is 0 Å². The molecule has 1 aromatic heterocycles. The fraction of sp³-hybridized carbons (Fsp3) is 0.312. The van der Waals surface area contributed by atoms with Crippen LogP contribution >= 0.6 is 0 Å². The molecule has 0 radical (unpaired) electrons. The molecule has 5 rings (SSSR count). The lowest BCUT2D eigenvalue weighted by Crippen LogP contribution is -2.27. The summed E-state index contributed by atoms with van der Waals surface area (Å²) in [5.74, 6) is 0.634. The summed E-state index contributed by atoms with van der Waals surface area (Å²) in [6.07, 6.45) is 4.09. The SMILES string of the molecule is CCOC(=O)C1(c2ccc(-c3ccc(-c4onc(C)c4CCN(Cc4ccccc4)S(C)=O)cc3)cc2)CC1. The second kappa shape index (κ2) is 11.7. The van der Waals surface area contributed by atoms with Crippen molar-refractivity contribution >= 4 is 17.0 Å². The van der Waals surface area contributed by atoms with Crippen LogP contribution in [0.5, 0.6) is 0 Å². The number of ether oxygens (including phenoxy) is 1. The minimum atomic E-state index is -1.10. The molecule has 0 saturated heterocycles. The van der Waals surface area contributed by atoms with Gasteiger partial charge in [0.2, 0.25) is 0 Å². The first-order valence-corrected chi connectivity index (χ1v) is 14.9. The monoisotopic (exact) mass is 542 g/mol. The molecule has 4 aromatic rings. The molecule has 1 aliphatic rings. The van der Waals surface area contributed by atoms with Crippen LogP contribution in [0, 0.1) is 6.92 Å². The molecule has 7 heteroatoms. The Hall–Kier alpha value is -3.55. The maximum Gasteiger partial charge on any atom is 0.316 e. The van der Waals surface area contributed by atoms with E-state index in [4.69, 9.17) is 9.26 Å². The molecule has 202 valence electrons. The Labute approximate surface area is 232 Å². The summed E-state index contributed by atoms with van der Waals surface area (Å²) in [4.78, 5) is 12.4. The number of hydrogen-bond acceptors (Lipinski definition) is 5. The molecule has 1 saturated carbocycles. The zero-order chi connectivity index (χ0) is 27.4.